The fourth-order valence-electron chi connectivity index (χ4n) is 2.29. The highest BCUT2D eigenvalue weighted by Gasteiger charge is 2.12. The SMILES string of the molecule is Cc1ccc(NC(=O)c2ccccc2SCc2ccncc2)cc1F. The monoisotopic (exact) mass is 352 g/mol. The Balaban J connectivity index is 1.75. The van der Waals surface area contributed by atoms with Crippen molar-refractivity contribution in [2.45, 2.75) is 17.6 Å². The predicted octanol–water partition coefficient (Wildman–Crippen LogP) is 5.07. The van der Waals surface area contributed by atoms with E-state index in [1.807, 2.05) is 30.3 Å². The summed E-state index contributed by atoms with van der Waals surface area (Å²) in [6.45, 7) is 1.69. The molecule has 3 aromatic rings. The maximum absolute atomic E-state index is 13.7. The summed E-state index contributed by atoms with van der Waals surface area (Å²) in [5, 5.41) is 2.76. The fourth-order valence-corrected chi connectivity index (χ4v) is 3.29. The molecule has 0 saturated carbocycles. The molecule has 5 heteroatoms. The van der Waals surface area contributed by atoms with Crippen LogP contribution in [-0.4, -0.2) is 10.9 Å². The standard InChI is InChI=1S/C20H17FN2OS/c1-14-6-7-16(12-18(14)21)23-20(24)17-4-2-3-5-19(17)25-13-15-8-10-22-11-9-15/h2-12H,13H2,1H3,(H,23,24). The summed E-state index contributed by atoms with van der Waals surface area (Å²) in [6.07, 6.45) is 3.50. The first-order chi connectivity index (χ1) is 12.1. The maximum atomic E-state index is 13.7. The van der Waals surface area contributed by atoms with Crippen LogP contribution >= 0.6 is 11.8 Å². The minimum atomic E-state index is -0.335. The van der Waals surface area contributed by atoms with E-state index in [2.05, 4.69) is 10.3 Å². The number of aromatic nitrogens is 1. The van der Waals surface area contributed by atoms with Gasteiger partial charge in [-0.05, 0) is 54.4 Å². The molecule has 0 unspecified atom stereocenters. The summed E-state index contributed by atoms with van der Waals surface area (Å²) in [4.78, 5) is 17.5. The van der Waals surface area contributed by atoms with E-state index in [4.69, 9.17) is 0 Å². The molecule has 1 amide bonds. The van der Waals surface area contributed by atoms with Crippen LogP contribution in [0.1, 0.15) is 21.5 Å². The fraction of sp³-hybridized carbons (Fsp3) is 0.100. The minimum absolute atomic E-state index is 0.249. The third-order valence-corrected chi connectivity index (χ3v) is 4.85. The Bertz CT molecular complexity index is 884. The average Bonchev–Trinajstić information content (AvgIpc) is 2.64. The molecule has 0 aliphatic carbocycles. The van der Waals surface area contributed by atoms with Crippen LogP contribution in [0.5, 0.6) is 0 Å². The van der Waals surface area contributed by atoms with Crippen LogP contribution < -0.4 is 5.32 Å². The number of hydrogen-bond donors (Lipinski definition) is 1. The first-order valence-electron chi connectivity index (χ1n) is 7.82. The summed E-state index contributed by atoms with van der Waals surface area (Å²) in [5.41, 5.74) is 2.70. The van der Waals surface area contributed by atoms with Gasteiger partial charge in [0.2, 0.25) is 0 Å². The van der Waals surface area contributed by atoms with Crippen LogP contribution in [0.3, 0.4) is 0 Å². The van der Waals surface area contributed by atoms with Gasteiger partial charge in [0.15, 0.2) is 0 Å². The number of benzene rings is 2. The van der Waals surface area contributed by atoms with Crippen molar-refractivity contribution < 1.29 is 9.18 Å². The number of aryl methyl sites for hydroxylation is 1. The zero-order valence-corrected chi connectivity index (χ0v) is 14.5. The van der Waals surface area contributed by atoms with E-state index in [-0.39, 0.29) is 11.7 Å². The third-order valence-electron chi connectivity index (χ3n) is 3.71. The molecular weight excluding hydrogens is 335 g/mol. The average molecular weight is 352 g/mol. The van der Waals surface area contributed by atoms with Gasteiger partial charge in [0.25, 0.3) is 5.91 Å². The van der Waals surface area contributed by atoms with Gasteiger partial charge in [0.1, 0.15) is 5.82 Å². The Kier molecular flexibility index (Phi) is 5.46. The Morgan fingerprint density at radius 1 is 1.12 bits per heavy atom. The van der Waals surface area contributed by atoms with Crippen LogP contribution in [0.25, 0.3) is 0 Å². The van der Waals surface area contributed by atoms with Crippen LogP contribution in [0.15, 0.2) is 71.9 Å². The van der Waals surface area contributed by atoms with Crippen molar-refractivity contribution in [1.82, 2.24) is 4.98 Å². The first-order valence-corrected chi connectivity index (χ1v) is 8.80. The van der Waals surface area contributed by atoms with Crippen molar-refractivity contribution in [2.24, 2.45) is 0 Å². The third kappa shape index (κ3) is 4.45. The van der Waals surface area contributed by atoms with Gasteiger partial charge in [-0.25, -0.2) is 4.39 Å². The summed E-state index contributed by atoms with van der Waals surface area (Å²) < 4.78 is 13.7. The molecule has 3 rings (SSSR count). The Morgan fingerprint density at radius 2 is 1.88 bits per heavy atom. The lowest BCUT2D eigenvalue weighted by atomic mass is 10.2. The van der Waals surface area contributed by atoms with Gasteiger partial charge in [0.05, 0.1) is 5.56 Å². The molecule has 0 saturated heterocycles. The number of pyridine rings is 1. The van der Waals surface area contributed by atoms with E-state index in [1.54, 1.807) is 49.3 Å². The van der Waals surface area contributed by atoms with E-state index >= 15 is 0 Å². The van der Waals surface area contributed by atoms with Crippen molar-refractivity contribution in [2.75, 3.05) is 5.32 Å². The van der Waals surface area contributed by atoms with Crippen molar-refractivity contribution in [3.63, 3.8) is 0 Å². The molecule has 3 nitrogen and oxygen atoms in total. The van der Waals surface area contributed by atoms with E-state index in [1.165, 1.54) is 6.07 Å². The van der Waals surface area contributed by atoms with Crippen LogP contribution in [0.4, 0.5) is 10.1 Å². The van der Waals surface area contributed by atoms with Crippen molar-refractivity contribution in [3.05, 3.63) is 89.5 Å². The summed E-state index contributed by atoms with van der Waals surface area (Å²) in [7, 11) is 0. The number of rotatable bonds is 5. The molecule has 0 spiro atoms. The number of nitrogens with zero attached hydrogens (tertiary/aromatic N) is 1. The molecule has 0 aliphatic heterocycles. The van der Waals surface area contributed by atoms with E-state index in [0.717, 1.165) is 16.2 Å². The maximum Gasteiger partial charge on any atom is 0.256 e. The van der Waals surface area contributed by atoms with Crippen LogP contribution in [-0.2, 0) is 5.75 Å². The van der Waals surface area contributed by atoms with E-state index in [0.29, 0.717) is 16.8 Å². The van der Waals surface area contributed by atoms with Gasteiger partial charge in [-0.2, -0.15) is 0 Å². The highest BCUT2D eigenvalue weighted by molar-refractivity contribution is 7.98. The lowest BCUT2D eigenvalue weighted by Crippen LogP contribution is -2.13. The topological polar surface area (TPSA) is 42.0 Å². The number of hydrogen-bond acceptors (Lipinski definition) is 3. The molecular formula is C20H17FN2OS. The van der Waals surface area contributed by atoms with Gasteiger partial charge in [-0.3, -0.25) is 9.78 Å². The lowest BCUT2D eigenvalue weighted by Gasteiger charge is -2.10. The molecule has 0 aliphatic rings. The van der Waals surface area contributed by atoms with Crippen molar-refractivity contribution in [3.8, 4) is 0 Å². The second-order valence-electron chi connectivity index (χ2n) is 5.56. The van der Waals surface area contributed by atoms with Gasteiger partial charge >= 0.3 is 0 Å². The molecule has 0 atom stereocenters. The number of nitrogens with one attached hydrogen (secondary N) is 1. The van der Waals surface area contributed by atoms with Gasteiger partial charge in [-0.1, -0.05) is 18.2 Å². The van der Waals surface area contributed by atoms with E-state index in [9.17, 15) is 9.18 Å². The van der Waals surface area contributed by atoms with Crippen LogP contribution in [0.2, 0.25) is 0 Å². The van der Waals surface area contributed by atoms with Gasteiger partial charge in [0, 0.05) is 28.7 Å². The zero-order valence-electron chi connectivity index (χ0n) is 13.7. The number of halogens is 1. The summed E-state index contributed by atoms with van der Waals surface area (Å²) in [6, 6.07) is 16.0. The number of thioether (sulfide) groups is 1. The van der Waals surface area contributed by atoms with Crippen molar-refractivity contribution >= 4 is 23.4 Å². The molecule has 25 heavy (non-hydrogen) atoms. The van der Waals surface area contributed by atoms with Gasteiger partial charge in [-0.15, -0.1) is 11.8 Å². The highest BCUT2D eigenvalue weighted by atomic mass is 32.2. The summed E-state index contributed by atoms with van der Waals surface area (Å²) >= 11 is 1.58. The molecule has 1 heterocycles. The first kappa shape index (κ1) is 17.2. The van der Waals surface area contributed by atoms with Crippen molar-refractivity contribution in [1.29, 1.82) is 0 Å². The van der Waals surface area contributed by atoms with E-state index < -0.39 is 0 Å². The molecule has 1 aromatic heterocycles. The smallest absolute Gasteiger partial charge is 0.256 e. The Hall–Kier alpha value is -2.66. The second kappa shape index (κ2) is 7.94. The molecule has 0 fully saturated rings. The lowest BCUT2D eigenvalue weighted by molar-refractivity contribution is 0.102. The predicted molar refractivity (Wildman–Crippen MR) is 99.3 cm³/mol. The zero-order chi connectivity index (χ0) is 17.6. The number of amides is 1. The minimum Gasteiger partial charge on any atom is -0.322 e. The molecule has 0 bridgehead atoms. The molecule has 0 radical (unpaired) electrons. The van der Waals surface area contributed by atoms with Crippen LogP contribution in [0, 0.1) is 12.7 Å². The molecule has 2 aromatic carbocycles. The van der Waals surface area contributed by atoms with Gasteiger partial charge < -0.3 is 5.32 Å². The number of carbonyl (C=O) groups excluding carboxylic acids is 1. The largest absolute Gasteiger partial charge is 0.322 e. The summed E-state index contributed by atoms with van der Waals surface area (Å²) in [5.74, 6) is 0.158. The Labute approximate surface area is 150 Å². The quantitative estimate of drug-likeness (QED) is 0.652. The normalized spacial score (nSPS) is 10.5. The number of carbonyl (C=O) groups is 1. The Morgan fingerprint density at radius 3 is 2.64 bits per heavy atom. The highest BCUT2D eigenvalue weighted by Crippen LogP contribution is 2.27. The second-order valence-corrected chi connectivity index (χ2v) is 6.58. The molecule has 1 N–H and O–H groups in total. The number of anilines is 1. The molecule has 126 valence electrons.